The van der Waals surface area contributed by atoms with Gasteiger partial charge in [0.05, 0.1) is 25.5 Å². The van der Waals surface area contributed by atoms with Crippen LogP contribution in [-0.2, 0) is 22.6 Å². The molecule has 1 N–H and O–H groups in total. The van der Waals surface area contributed by atoms with Gasteiger partial charge in [0.25, 0.3) is 0 Å². The Labute approximate surface area is 107 Å². The topological polar surface area (TPSA) is 43.4 Å². The van der Waals surface area contributed by atoms with Crippen LogP contribution in [0.4, 0.5) is 0 Å². The van der Waals surface area contributed by atoms with Crippen molar-refractivity contribution in [1.82, 2.24) is 10.3 Å². The minimum atomic E-state index is 0.126. The van der Waals surface area contributed by atoms with E-state index in [1.807, 2.05) is 5.38 Å². The first kappa shape index (κ1) is 14.6. The van der Waals surface area contributed by atoms with E-state index >= 15 is 0 Å². The second-order valence-electron chi connectivity index (χ2n) is 4.88. The Morgan fingerprint density at radius 3 is 2.76 bits per heavy atom. The molecule has 0 fully saturated rings. The molecule has 1 aromatic heterocycles. The van der Waals surface area contributed by atoms with E-state index in [2.05, 4.69) is 31.1 Å². The van der Waals surface area contributed by atoms with Crippen molar-refractivity contribution >= 4 is 11.3 Å². The fourth-order valence-corrected chi connectivity index (χ4v) is 1.87. The highest BCUT2D eigenvalue weighted by molar-refractivity contribution is 7.09. The Hall–Kier alpha value is -0.490. The number of thiazole rings is 1. The lowest BCUT2D eigenvalue weighted by molar-refractivity contribution is 0.0603. The summed E-state index contributed by atoms with van der Waals surface area (Å²) in [7, 11) is 1.67. The van der Waals surface area contributed by atoms with E-state index < -0.39 is 0 Å². The number of nitrogens with zero attached hydrogens (tertiary/aromatic N) is 1. The van der Waals surface area contributed by atoms with E-state index in [9.17, 15) is 0 Å². The summed E-state index contributed by atoms with van der Waals surface area (Å²) >= 11 is 1.67. The van der Waals surface area contributed by atoms with Gasteiger partial charge in [-0.3, -0.25) is 0 Å². The number of hydrogen-bond donors (Lipinski definition) is 1. The van der Waals surface area contributed by atoms with Crippen molar-refractivity contribution in [1.29, 1.82) is 0 Å². The van der Waals surface area contributed by atoms with Crippen LogP contribution in [0.25, 0.3) is 0 Å². The fraction of sp³-hybridized carbons (Fsp3) is 0.750. The van der Waals surface area contributed by atoms with Crippen LogP contribution in [-0.4, -0.2) is 30.8 Å². The first-order chi connectivity index (χ1) is 8.01. The van der Waals surface area contributed by atoms with E-state index in [0.29, 0.717) is 19.8 Å². The van der Waals surface area contributed by atoms with Gasteiger partial charge >= 0.3 is 0 Å². The molecule has 98 valence electrons. The molecule has 0 aliphatic rings. The van der Waals surface area contributed by atoms with Gasteiger partial charge in [0.2, 0.25) is 0 Å². The third kappa shape index (κ3) is 6.73. The first-order valence-electron chi connectivity index (χ1n) is 5.76. The molecule has 0 atom stereocenters. The number of hydrogen-bond acceptors (Lipinski definition) is 5. The predicted octanol–water partition coefficient (Wildman–Crippen LogP) is 2.19. The van der Waals surface area contributed by atoms with Crippen LogP contribution in [0.15, 0.2) is 5.38 Å². The zero-order valence-corrected chi connectivity index (χ0v) is 11.9. The van der Waals surface area contributed by atoms with Gasteiger partial charge in [0.15, 0.2) is 0 Å². The van der Waals surface area contributed by atoms with Crippen molar-refractivity contribution in [3.05, 3.63) is 16.1 Å². The lowest BCUT2D eigenvalue weighted by Gasteiger charge is -2.19. The van der Waals surface area contributed by atoms with Crippen molar-refractivity contribution in [2.75, 3.05) is 20.3 Å². The number of nitrogens with one attached hydrogen (secondary N) is 1. The second-order valence-corrected chi connectivity index (χ2v) is 5.82. The summed E-state index contributed by atoms with van der Waals surface area (Å²) in [6, 6.07) is 0. The molecule has 0 saturated carbocycles. The molecule has 0 bridgehead atoms. The van der Waals surface area contributed by atoms with Gasteiger partial charge in [-0.15, -0.1) is 11.3 Å². The van der Waals surface area contributed by atoms with Crippen molar-refractivity contribution in [2.24, 2.45) is 0 Å². The Bertz CT molecular complexity index is 321. The summed E-state index contributed by atoms with van der Waals surface area (Å²) in [5.41, 5.74) is 1.12. The van der Waals surface area contributed by atoms with Crippen LogP contribution < -0.4 is 5.32 Å². The summed E-state index contributed by atoms with van der Waals surface area (Å²) in [5.74, 6) is 0. The normalized spacial score (nSPS) is 12.0. The third-order valence-corrected chi connectivity index (χ3v) is 2.95. The molecule has 17 heavy (non-hydrogen) atoms. The molecule has 4 nitrogen and oxygen atoms in total. The molecule has 1 rings (SSSR count). The highest BCUT2D eigenvalue weighted by Gasteiger charge is 2.10. The highest BCUT2D eigenvalue weighted by Crippen LogP contribution is 2.12. The molecule has 1 heterocycles. The molecule has 0 aliphatic carbocycles. The van der Waals surface area contributed by atoms with Gasteiger partial charge in [0, 0.05) is 24.6 Å². The minimum Gasteiger partial charge on any atom is -0.382 e. The number of rotatable bonds is 7. The Kier molecular flexibility index (Phi) is 6.05. The van der Waals surface area contributed by atoms with Crippen LogP contribution in [0.2, 0.25) is 0 Å². The largest absolute Gasteiger partial charge is 0.382 e. The summed E-state index contributed by atoms with van der Waals surface area (Å²) < 4.78 is 10.3. The lowest BCUT2D eigenvalue weighted by Crippen LogP contribution is -2.35. The zero-order valence-electron chi connectivity index (χ0n) is 11.1. The molecular weight excluding hydrogens is 236 g/mol. The maximum atomic E-state index is 5.42. The van der Waals surface area contributed by atoms with Crippen molar-refractivity contribution in [3.63, 3.8) is 0 Å². The third-order valence-electron chi connectivity index (χ3n) is 2.05. The number of aromatic nitrogens is 1. The van der Waals surface area contributed by atoms with Gasteiger partial charge in [-0.25, -0.2) is 4.98 Å². The van der Waals surface area contributed by atoms with E-state index in [1.165, 1.54) is 0 Å². The predicted molar refractivity (Wildman–Crippen MR) is 70.2 cm³/mol. The molecule has 0 amide bonds. The molecular formula is C12H22N2O2S. The van der Waals surface area contributed by atoms with Gasteiger partial charge in [-0.05, 0) is 20.8 Å². The molecule has 0 unspecified atom stereocenters. The van der Waals surface area contributed by atoms with E-state index in [4.69, 9.17) is 9.47 Å². The van der Waals surface area contributed by atoms with Crippen molar-refractivity contribution in [2.45, 2.75) is 39.5 Å². The van der Waals surface area contributed by atoms with E-state index in [1.54, 1.807) is 18.4 Å². The van der Waals surface area contributed by atoms with Crippen LogP contribution in [0, 0.1) is 0 Å². The molecule has 1 aromatic rings. The highest BCUT2D eigenvalue weighted by atomic mass is 32.1. The molecule has 0 aliphatic heterocycles. The van der Waals surface area contributed by atoms with Gasteiger partial charge in [-0.2, -0.15) is 0 Å². The zero-order chi connectivity index (χ0) is 12.7. The number of methoxy groups -OCH3 is 1. The average Bonchev–Trinajstić information content (AvgIpc) is 2.69. The first-order valence-corrected chi connectivity index (χ1v) is 6.64. The smallest absolute Gasteiger partial charge is 0.107 e. The van der Waals surface area contributed by atoms with Crippen LogP contribution >= 0.6 is 11.3 Å². The Balaban J connectivity index is 2.28. The van der Waals surface area contributed by atoms with Crippen molar-refractivity contribution in [3.8, 4) is 0 Å². The minimum absolute atomic E-state index is 0.126. The Morgan fingerprint density at radius 1 is 1.35 bits per heavy atom. The second kappa shape index (κ2) is 7.06. The quantitative estimate of drug-likeness (QED) is 0.761. The SMILES string of the molecule is COCCOCc1csc(CNC(C)(C)C)n1. The maximum absolute atomic E-state index is 5.42. The monoisotopic (exact) mass is 258 g/mol. The van der Waals surface area contributed by atoms with Gasteiger partial charge < -0.3 is 14.8 Å². The summed E-state index contributed by atoms with van der Waals surface area (Å²) in [6.45, 7) is 9.06. The van der Waals surface area contributed by atoms with Crippen LogP contribution in [0.1, 0.15) is 31.5 Å². The maximum Gasteiger partial charge on any atom is 0.107 e. The van der Waals surface area contributed by atoms with Gasteiger partial charge in [0.1, 0.15) is 5.01 Å². The number of ether oxygens (including phenoxy) is 2. The van der Waals surface area contributed by atoms with Crippen LogP contribution in [0.3, 0.4) is 0 Å². The summed E-state index contributed by atoms with van der Waals surface area (Å²) in [4.78, 5) is 4.50. The summed E-state index contributed by atoms with van der Waals surface area (Å²) in [5, 5.41) is 6.57. The molecule has 0 spiro atoms. The molecule has 0 radical (unpaired) electrons. The van der Waals surface area contributed by atoms with E-state index in [-0.39, 0.29) is 5.54 Å². The standard InChI is InChI=1S/C12H22N2O2S/c1-12(2,3)13-7-11-14-10(9-17-11)8-16-6-5-15-4/h9,13H,5-8H2,1-4H3. The average molecular weight is 258 g/mol. The summed E-state index contributed by atoms with van der Waals surface area (Å²) in [6.07, 6.45) is 0. The van der Waals surface area contributed by atoms with Gasteiger partial charge in [-0.1, -0.05) is 0 Å². The van der Waals surface area contributed by atoms with Crippen molar-refractivity contribution < 1.29 is 9.47 Å². The van der Waals surface area contributed by atoms with Crippen LogP contribution in [0.5, 0.6) is 0 Å². The molecule has 5 heteroatoms. The molecule has 0 aromatic carbocycles. The lowest BCUT2D eigenvalue weighted by atomic mass is 10.1. The van der Waals surface area contributed by atoms with E-state index in [0.717, 1.165) is 17.2 Å². The molecule has 0 saturated heterocycles. The Morgan fingerprint density at radius 2 is 2.12 bits per heavy atom. The fourth-order valence-electron chi connectivity index (χ4n) is 1.16.